The summed E-state index contributed by atoms with van der Waals surface area (Å²) in [7, 11) is 0. The molecule has 3 rings (SSSR count). The minimum Gasteiger partial charge on any atom is -0.454 e. The summed E-state index contributed by atoms with van der Waals surface area (Å²) >= 11 is 3.08. The van der Waals surface area contributed by atoms with Crippen molar-refractivity contribution in [2.75, 3.05) is 0 Å². The maximum absolute atomic E-state index is 12.1. The van der Waals surface area contributed by atoms with Crippen molar-refractivity contribution < 1.29 is 14.1 Å². The van der Waals surface area contributed by atoms with Crippen molar-refractivity contribution in [1.29, 1.82) is 0 Å². The van der Waals surface area contributed by atoms with E-state index >= 15 is 0 Å². The lowest BCUT2D eigenvalue weighted by atomic mass is 10.1. The highest BCUT2D eigenvalue weighted by Gasteiger charge is 2.19. The Morgan fingerprint density at radius 3 is 2.79 bits per heavy atom. The van der Waals surface area contributed by atoms with E-state index in [2.05, 4.69) is 31.6 Å². The van der Waals surface area contributed by atoms with Crippen molar-refractivity contribution in [2.24, 2.45) is 5.10 Å². The molecule has 29 heavy (non-hydrogen) atoms. The maximum atomic E-state index is 12.1. The average molecular weight is 458 g/mol. The molecule has 1 aromatic carbocycles. The third-order valence-corrected chi connectivity index (χ3v) is 4.26. The van der Waals surface area contributed by atoms with Gasteiger partial charge in [0, 0.05) is 0 Å². The van der Waals surface area contributed by atoms with Gasteiger partial charge >= 0.3 is 11.7 Å². The van der Waals surface area contributed by atoms with E-state index in [0.717, 1.165) is 11.1 Å². The lowest BCUT2D eigenvalue weighted by molar-refractivity contribution is -0.390. The third-order valence-electron chi connectivity index (χ3n) is 3.70. The molecule has 10 heteroatoms. The van der Waals surface area contributed by atoms with Crippen LogP contribution in [0.2, 0.25) is 0 Å². The number of hydrogen-bond acceptors (Lipinski definition) is 6. The van der Waals surface area contributed by atoms with Gasteiger partial charge in [-0.15, -0.1) is 0 Å². The molecule has 0 aliphatic rings. The second-order valence-corrected chi connectivity index (χ2v) is 6.87. The van der Waals surface area contributed by atoms with Gasteiger partial charge < -0.3 is 14.5 Å². The lowest BCUT2D eigenvalue weighted by Gasteiger charge is -1.97. The van der Waals surface area contributed by atoms with Gasteiger partial charge in [-0.1, -0.05) is 36.4 Å². The third kappa shape index (κ3) is 5.48. The summed E-state index contributed by atoms with van der Waals surface area (Å²) in [6.07, 6.45) is 4.93. The second kappa shape index (κ2) is 9.11. The predicted molar refractivity (Wildman–Crippen MR) is 110 cm³/mol. The zero-order chi connectivity index (χ0) is 20.8. The second-order valence-electron chi connectivity index (χ2n) is 6.02. The SMILES string of the molecule is CC(/C=N\NC(=O)c1ccc(Cn2cc(Br)c([N+](=O)[O-])n2)o1)=C\c1ccccc1. The van der Waals surface area contributed by atoms with Crippen LogP contribution in [-0.2, 0) is 6.54 Å². The number of allylic oxidation sites excluding steroid dienone is 1. The van der Waals surface area contributed by atoms with E-state index in [-0.39, 0.29) is 22.6 Å². The first-order valence-electron chi connectivity index (χ1n) is 8.45. The highest BCUT2D eigenvalue weighted by Crippen LogP contribution is 2.22. The van der Waals surface area contributed by atoms with Gasteiger partial charge in [0.25, 0.3) is 0 Å². The van der Waals surface area contributed by atoms with Crippen molar-refractivity contribution in [1.82, 2.24) is 15.2 Å². The van der Waals surface area contributed by atoms with Crippen LogP contribution in [0.1, 0.15) is 28.8 Å². The first-order valence-corrected chi connectivity index (χ1v) is 9.24. The molecule has 1 amide bonds. The molecule has 0 spiro atoms. The molecule has 0 saturated heterocycles. The van der Waals surface area contributed by atoms with Crippen LogP contribution in [0, 0.1) is 10.1 Å². The molecule has 0 aliphatic carbocycles. The Hall–Kier alpha value is -3.53. The highest BCUT2D eigenvalue weighted by atomic mass is 79.9. The van der Waals surface area contributed by atoms with Gasteiger partial charge in [0.1, 0.15) is 16.8 Å². The van der Waals surface area contributed by atoms with Gasteiger partial charge in [-0.2, -0.15) is 9.78 Å². The normalized spacial score (nSPS) is 11.7. The van der Waals surface area contributed by atoms with E-state index in [0.29, 0.717) is 5.76 Å². The number of furan rings is 1. The van der Waals surface area contributed by atoms with Crippen LogP contribution in [-0.4, -0.2) is 26.8 Å². The lowest BCUT2D eigenvalue weighted by Crippen LogP contribution is -2.16. The maximum Gasteiger partial charge on any atom is 0.404 e. The van der Waals surface area contributed by atoms with E-state index in [9.17, 15) is 14.9 Å². The van der Waals surface area contributed by atoms with E-state index in [4.69, 9.17) is 4.42 Å². The van der Waals surface area contributed by atoms with Crippen molar-refractivity contribution in [3.63, 3.8) is 0 Å². The van der Waals surface area contributed by atoms with E-state index in [1.807, 2.05) is 43.3 Å². The van der Waals surface area contributed by atoms with Crippen molar-refractivity contribution in [3.8, 4) is 0 Å². The minimum absolute atomic E-state index is 0.0718. The monoisotopic (exact) mass is 457 g/mol. The molecule has 0 saturated carbocycles. The number of nitro groups is 1. The number of nitrogens with one attached hydrogen (secondary N) is 1. The summed E-state index contributed by atoms with van der Waals surface area (Å²) < 4.78 is 7.08. The minimum atomic E-state index is -0.589. The van der Waals surface area contributed by atoms with E-state index in [1.165, 1.54) is 23.2 Å². The molecular formula is C19H16BrN5O4. The van der Waals surface area contributed by atoms with Crippen LogP contribution in [0.25, 0.3) is 6.08 Å². The number of halogens is 1. The average Bonchev–Trinajstić information content (AvgIpc) is 3.29. The summed E-state index contributed by atoms with van der Waals surface area (Å²) in [6, 6.07) is 12.8. The van der Waals surface area contributed by atoms with Crippen LogP contribution in [0.4, 0.5) is 5.82 Å². The Labute approximate surface area is 174 Å². The molecule has 9 nitrogen and oxygen atoms in total. The van der Waals surface area contributed by atoms with Gasteiger partial charge in [0.05, 0.1) is 17.5 Å². The standard InChI is InChI=1S/C19H16BrN5O4/c1-13(9-14-5-3-2-4-6-14)10-21-22-19(26)17-8-7-15(29-17)11-24-12-16(20)18(23-24)25(27)28/h2-10,12H,11H2,1H3,(H,22,26)/b13-9+,21-10-. The summed E-state index contributed by atoms with van der Waals surface area (Å²) in [5, 5.41) is 18.6. The molecule has 148 valence electrons. The first kappa shape index (κ1) is 20.2. The van der Waals surface area contributed by atoms with Gasteiger partial charge in [-0.3, -0.25) is 4.79 Å². The predicted octanol–water partition coefficient (Wildman–Crippen LogP) is 4.01. The fourth-order valence-electron chi connectivity index (χ4n) is 2.43. The number of aromatic nitrogens is 2. The molecule has 0 unspecified atom stereocenters. The number of benzene rings is 1. The Morgan fingerprint density at radius 1 is 1.34 bits per heavy atom. The number of rotatable bonds is 7. The zero-order valence-electron chi connectivity index (χ0n) is 15.3. The van der Waals surface area contributed by atoms with Crippen LogP contribution >= 0.6 is 15.9 Å². The fraction of sp³-hybridized carbons (Fsp3) is 0.105. The molecule has 2 aromatic heterocycles. The topological polar surface area (TPSA) is 116 Å². The number of amides is 1. The van der Waals surface area contributed by atoms with Gasteiger partial charge in [-0.25, -0.2) is 5.43 Å². The molecule has 1 N–H and O–H groups in total. The number of carbonyl (C=O) groups excluding carboxylic acids is 1. The molecule has 2 heterocycles. The summed E-state index contributed by atoms with van der Waals surface area (Å²) in [5.41, 5.74) is 4.29. The van der Waals surface area contributed by atoms with Crippen molar-refractivity contribution in [2.45, 2.75) is 13.5 Å². The smallest absolute Gasteiger partial charge is 0.404 e. The van der Waals surface area contributed by atoms with Crippen LogP contribution < -0.4 is 5.43 Å². The van der Waals surface area contributed by atoms with Gasteiger partial charge in [-0.05, 0) is 51.0 Å². The highest BCUT2D eigenvalue weighted by molar-refractivity contribution is 9.10. The number of nitrogens with zero attached hydrogens (tertiary/aromatic N) is 4. The Balaban J connectivity index is 1.58. The zero-order valence-corrected chi connectivity index (χ0v) is 16.9. The molecule has 0 atom stereocenters. The quantitative estimate of drug-likeness (QED) is 0.326. The number of carbonyl (C=O) groups is 1. The van der Waals surface area contributed by atoms with Crippen LogP contribution in [0.5, 0.6) is 0 Å². The molecule has 0 fully saturated rings. The summed E-state index contributed by atoms with van der Waals surface area (Å²) in [6.45, 7) is 2.01. The molecule has 0 bridgehead atoms. The largest absolute Gasteiger partial charge is 0.454 e. The molecule has 0 radical (unpaired) electrons. The molecule has 0 aliphatic heterocycles. The van der Waals surface area contributed by atoms with Gasteiger partial charge in [0.2, 0.25) is 0 Å². The fourth-order valence-corrected chi connectivity index (χ4v) is 2.89. The molecule has 3 aromatic rings. The van der Waals surface area contributed by atoms with Gasteiger partial charge in [0.15, 0.2) is 5.76 Å². The Morgan fingerprint density at radius 2 is 2.10 bits per heavy atom. The Kier molecular flexibility index (Phi) is 6.35. The number of hydrazone groups is 1. The summed E-state index contributed by atoms with van der Waals surface area (Å²) in [5.74, 6) is -0.304. The molecular weight excluding hydrogens is 442 g/mol. The van der Waals surface area contributed by atoms with Crippen molar-refractivity contribution >= 4 is 39.9 Å². The van der Waals surface area contributed by atoms with E-state index < -0.39 is 10.8 Å². The van der Waals surface area contributed by atoms with Crippen LogP contribution in [0.3, 0.4) is 0 Å². The van der Waals surface area contributed by atoms with Crippen molar-refractivity contribution in [3.05, 3.63) is 85.9 Å². The van der Waals surface area contributed by atoms with Crippen LogP contribution in [0.15, 0.2) is 68.2 Å². The van der Waals surface area contributed by atoms with E-state index in [1.54, 1.807) is 6.07 Å². The first-order chi connectivity index (χ1) is 13.9. The number of hydrogen-bond donors (Lipinski definition) is 1. The summed E-state index contributed by atoms with van der Waals surface area (Å²) in [4.78, 5) is 22.4. The Bertz CT molecular complexity index is 1090.